The first-order valence-electron chi connectivity index (χ1n) is 11.7. The van der Waals surface area contributed by atoms with Crippen LogP contribution in [0.4, 0.5) is 0 Å². The Balaban J connectivity index is 1.56. The number of fused-ring (bicyclic) bond motifs is 7. The molecule has 0 amide bonds. The minimum Gasteiger partial charge on any atom is -0.299 e. The number of thiophene rings is 2. The van der Waals surface area contributed by atoms with E-state index in [1.165, 1.54) is 63.0 Å². The highest BCUT2D eigenvalue weighted by Crippen LogP contribution is 2.48. The van der Waals surface area contributed by atoms with Crippen molar-refractivity contribution in [3.05, 3.63) is 103 Å². The Bertz CT molecular complexity index is 1840. The molecule has 0 fully saturated rings. The van der Waals surface area contributed by atoms with E-state index in [2.05, 4.69) is 115 Å². The minimum absolute atomic E-state index is 0.516. The fraction of sp³-hybridized carbons (Fsp3) is 0.0968. The fourth-order valence-electron chi connectivity index (χ4n) is 5.08. The Kier molecular flexibility index (Phi) is 4.45. The van der Waals surface area contributed by atoms with E-state index in [-0.39, 0.29) is 0 Å². The first-order chi connectivity index (χ1) is 16.7. The Morgan fingerprint density at radius 3 is 2.12 bits per heavy atom. The van der Waals surface area contributed by atoms with Gasteiger partial charge in [0.15, 0.2) is 0 Å². The van der Waals surface area contributed by atoms with Crippen molar-refractivity contribution in [1.29, 1.82) is 0 Å². The number of hydrogen-bond acceptors (Lipinski definition) is 2. The van der Waals surface area contributed by atoms with Crippen molar-refractivity contribution in [3.63, 3.8) is 0 Å². The average molecular weight is 474 g/mol. The lowest BCUT2D eigenvalue weighted by atomic mass is 9.97. The van der Waals surface area contributed by atoms with E-state index < -0.39 is 0 Å². The predicted octanol–water partition coefficient (Wildman–Crippen LogP) is 10.0. The minimum atomic E-state index is 0.516. The Morgan fingerprint density at radius 2 is 1.32 bits per heavy atom. The van der Waals surface area contributed by atoms with Crippen LogP contribution in [-0.4, -0.2) is 4.57 Å². The Labute approximate surface area is 206 Å². The van der Waals surface area contributed by atoms with Gasteiger partial charge in [-0.1, -0.05) is 86.6 Å². The second kappa shape index (κ2) is 7.56. The number of benzene rings is 4. The zero-order chi connectivity index (χ0) is 22.8. The number of rotatable bonds is 3. The molecule has 0 saturated heterocycles. The molecule has 3 aromatic heterocycles. The van der Waals surface area contributed by atoms with E-state index in [1.54, 1.807) is 0 Å². The zero-order valence-electron chi connectivity index (χ0n) is 19.1. The van der Waals surface area contributed by atoms with Crippen LogP contribution in [0.25, 0.3) is 57.4 Å². The van der Waals surface area contributed by atoms with Gasteiger partial charge in [-0.2, -0.15) is 0 Å². The molecule has 0 spiro atoms. The van der Waals surface area contributed by atoms with E-state index in [0.29, 0.717) is 5.92 Å². The van der Waals surface area contributed by atoms with Gasteiger partial charge in [0.05, 0.1) is 10.2 Å². The van der Waals surface area contributed by atoms with Crippen LogP contribution in [0.5, 0.6) is 0 Å². The van der Waals surface area contributed by atoms with Crippen LogP contribution in [0.1, 0.15) is 25.3 Å². The van der Waals surface area contributed by atoms with Crippen molar-refractivity contribution in [2.75, 3.05) is 0 Å². The van der Waals surface area contributed by atoms with E-state index in [9.17, 15) is 0 Å². The molecule has 4 aromatic carbocycles. The van der Waals surface area contributed by atoms with Gasteiger partial charge in [0.2, 0.25) is 0 Å². The maximum atomic E-state index is 2.50. The molecule has 0 radical (unpaired) electrons. The molecule has 0 aliphatic heterocycles. The van der Waals surface area contributed by atoms with Gasteiger partial charge in [0, 0.05) is 31.2 Å². The molecule has 0 atom stereocenters. The lowest BCUT2D eigenvalue weighted by Gasteiger charge is -2.11. The highest BCUT2D eigenvalue weighted by Gasteiger charge is 2.21. The van der Waals surface area contributed by atoms with Crippen molar-refractivity contribution >= 4 is 63.3 Å². The van der Waals surface area contributed by atoms with E-state index in [4.69, 9.17) is 0 Å². The van der Waals surface area contributed by atoms with Crippen molar-refractivity contribution < 1.29 is 0 Å². The Hall–Kier alpha value is -3.40. The van der Waals surface area contributed by atoms with Crippen LogP contribution in [0, 0.1) is 0 Å². The largest absolute Gasteiger partial charge is 0.299 e. The molecule has 0 unspecified atom stereocenters. The SMILES string of the molecule is CC(C)c1cccc(-c2cccc(-n3c4sc5ccccc5c4c4sc5ccccc5c43)c2)c1. The number of hydrogen-bond donors (Lipinski definition) is 0. The molecular weight excluding hydrogens is 450 g/mol. The molecular formula is C31H23NS2. The smallest absolute Gasteiger partial charge is 0.110 e. The molecule has 0 aliphatic carbocycles. The maximum absolute atomic E-state index is 2.50. The van der Waals surface area contributed by atoms with Gasteiger partial charge >= 0.3 is 0 Å². The van der Waals surface area contributed by atoms with E-state index in [1.807, 2.05) is 22.7 Å². The summed E-state index contributed by atoms with van der Waals surface area (Å²) in [6.45, 7) is 4.51. The van der Waals surface area contributed by atoms with Crippen LogP contribution in [0.2, 0.25) is 0 Å². The van der Waals surface area contributed by atoms with E-state index >= 15 is 0 Å². The summed E-state index contributed by atoms with van der Waals surface area (Å²) in [6.07, 6.45) is 0. The zero-order valence-corrected chi connectivity index (χ0v) is 20.7. The molecule has 34 heavy (non-hydrogen) atoms. The van der Waals surface area contributed by atoms with E-state index in [0.717, 1.165) is 0 Å². The standard InChI is InChI=1S/C31H23NS2/c1-19(2)20-9-7-10-21(17-20)22-11-8-12-23(18-22)32-29-25-14-4-6-16-27(25)33-30(29)28-24-13-3-5-15-26(24)34-31(28)32/h3-19H,1-2H3. The lowest BCUT2D eigenvalue weighted by molar-refractivity contribution is 0.867. The highest BCUT2D eigenvalue weighted by molar-refractivity contribution is 7.30. The summed E-state index contributed by atoms with van der Waals surface area (Å²) in [5.41, 5.74) is 6.47. The molecule has 0 N–H and O–H groups in total. The molecule has 164 valence electrons. The average Bonchev–Trinajstić information content (AvgIpc) is 3.51. The quantitative estimate of drug-likeness (QED) is 0.241. The van der Waals surface area contributed by atoms with Gasteiger partial charge in [0.1, 0.15) is 4.83 Å². The van der Waals surface area contributed by atoms with Gasteiger partial charge in [-0.15, -0.1) is 22.7 Å². The topological polar surface area (TPSA) is 4.93 Å². The van der Waals surface area contributed by atoms with Crippen LogP contribution in [0.3, 0.4) is 0 Å². The molecule has 3 heterocycles. The molecule has 0 bridgehead atoms. The maximum Gasteiger partial charge on any atom is 0.110 e. The summed E-state index contributed by atoms with van der Waals surface area (Å²) in [5, 5.41) is 4.09. The fourth-order valence-corrected chi connectivity index (χ4v) is 7.63. The van der Waals surface area contributed by atoms with Gasteiger partial charge in [0.25, 0.3) is 0 Å². The predicted molar refractivity (Wildman–Crippen MR) is 151 cm³/mol. The molecule has 0 saturated carbocycles. The summed E-state index contributed by atoms with van der Waals surface area (Å²) in [7, 11) is 0. The Morgan fingerprint density at radius 1 is 0.647 bits per heavy atom. The third kappa shape index (κ3) is 2.91. The summed E-state index contributed by atoms with van der Waals surface area (Å²) in [5.74, 6) is 0.516. The summed E-state index contributed by atoms with van der Waals surface area (Å²) in [4.78, 5) is 1.33. The van der Waals surface area contributed by atoms with Crippen molar-refractivity contribution in [1.82, 2.24) is 4.57 Å². The van der Waals surface area contributed by atoms with Crippen molar-refractivity contribution in [2.24, 2.45) is 0 Å². The third-order valence-electron chi connectivity index (χ3n) is 6.79. The second-order valence-electron chi connectivity index (χ2n) is 9.22. The monoisotopic (exact) mass is 473 g/mol. The summed E-state index contributed by atoms with van der Waals surface area (Å²) >= 11 is 3.82. The van der Waals surface area contributed by atoms with Crippen molar-refractivity contribution in [3.8, 4) is 16.8 Å². The molecule has 0 aliphatic rings. The number of aromatic nitrogens is 1. The molecule has 3 heteroatoms. The first kappa shape index (κ1) is 20.0. The normalized spacial score (nSPS) is 12.1. The lowest BCUT2D eigenvalue weighted by Crippen LogP contribution is -1.93. The van der Waals surface area contributed by atoms with Crippen LogP contribution < -0.4 is 0 Å². The summed E-state index contributed by atoms with van der Waals surface area (Å²) in [6, 6.07) is 35.7. The molecule has 1 nitrogen and oxygen atoms in total. The second-order valence-corrected chi connectivity index (χ2v) is 11.3. The number of nitrogens with zero attached hydrogens (tertiary/aromatic N) is 1. The first-order valence-corrected chi connectivity index (χ1v) is 13.4. The van der Waals surface area contributed by atoms with Gasteiger partial charge in [-0.25, -0.2) is 0 Å². The third-order valence-corrected chi connectivity index (χ3v) is 9.12. The van der Waals surface area contributed by atoms with Gasteiger partial charge in [-0.05, 0) is 46.9 Å². The van der Waals surface area contributed by atoms with Crippen LogP contribution in [0.15, 0.2) is 97.1 Å². The van der Waals surface area contributed by atoms with Gasteiger partial charge < -0.3 is 0 Å². The van der Waals surface area contributed by atoms with Crippen LogP contribution in [-0.2, 0) is 0 Å². The highest BCUT2D eigenvalue weighted by atomic mass is 32.1. The molecule has 7 aromatic rings. The molecule has 7 rings (SSSR count). The van der Waals surface area contributed by atoms with Crippen LogP contribution >= 0.6 is 22.7 Å². The van der Waals surface area contributed by atoms with Crippen molar-refractivity contribution in [2.45, 2.75) is 19.8 Å². The van der Waals surface area contributed by atoms with Gasteiger partial charge in [-0.3, -0.25) is 4.57 Å². The summed E-state index contributed by atoms with van der Waals surface area (Å²) < 4.78 is 6.59.